The summed E-state index contributed by atoms with van der Waals surface area (Å²) in [5.41, 5.74) is 2.88. The summed E-state index contributed by atoms with van der Waals surface area (Å²) in [4.78, 5) is 27.0. The molecular formula is C11H10N2O2. The van der Waals surface area contributed by atoms with E-state index in [-0.39, 0.29) is 0 Å². The van der Waals surface area contributed by atoms with Gasteiger partial charge in [0, 0.05) is 0 Å². The van der Waals surface area contributed by atoms with Crippen LogP contribution in [-0.2, 0) is 22.7 Å². The minimum Gasteiger partial charge on any atom is -0.211 e. The fraction of sp³-hybridized carbons (Fsp3) is 0.273. The molecule has 0 bridgehead atoms. The molecule has 0 aliphatic carbocycles. The lowest BCUT2D eigenvalue weighted by atomic mass is 10.0. The molecule has 0 saturated heterocycles. The van der Waals surface area contributed by atoms with Crippen molar-refractivity contribution in [3.8, 4) is 0 Å². The Kier molecular flexibility index (Phi) is 4.17. The van der Waals surface area contributed by atoms with Crippen LogP contribution in [0, 0.1) is 6.92 Å². The van der Waals surface area contributed by atoms with E-state index in [1.54, 1.807) is 0 Å². The van der Waals surface area contributed by atoms with E-state index in [1.807, 2.05) is 25.1 Å². The van der Waals surface area contributed by atoms with Crippen LogP contribution in [0.1, 0.15) is 16.7 Å². The summed E-state index contributed by atoms with van der Waals surface area (Å²) in [6.07, 6.45) is 2.99. The molecular weight excluding hydrogens is 192 g/mol. The van der Waals surface area contributed by atoms with Gasteiger partial charge in [0.15, 0.2) is 0 Å². The Labute approximate surface area is 87.4 Å². The largest absolute Gasteiger partial charge is 0.235 e. The second-order valence-electron chi connectivity index (χ2n) is 3.02. The summed E-state index contributed by atoms with van der Waals surface area (Å²) in [6, 6.07) is 5.60. The molecule has 1 aromatic rings. The van der Waals surface area contributed by atoms with Crippen LogP contribution in [0.4, 0.5) is 0 Å². The van der Waals surface area contributed by atoms with Crippen molar-refractivity contribution in [1.29, 1.82) is 0 Å². The van der Waals surface area contributed by atoms with E-state index < -0.39 is 0 Å². The second kappa shape index (κ2) is 5.66. The van der Waals surface area contributed by atoms with Crippen LogP contribution >= 0.6 is 0 Å². The van der Waals surface area contributed by atoms with E-state index in [9.17, 15) is 9.59 Å². The van der Waals surface area contributed by atoms with Crippen molar-refractivity contribution in [1.82, 2.24) is 0 Å². The molecule has 0 saturated carbocycles. The highest BCUT2D eigenvalue weighted by Gasteiger charge is 2.02. The van der Waals surface area contributed by atoms with Crippen LogP contribution in [0.2, 0.25) is 0 Å². The molecule has 4 nitrogen and oxygen atoms in total. The zero-order chi connectivity index (χ0) is 11.1. The van der Waals surface area contributed by atoms with Crippen molar-refractivity contribution < 1.29 is 9.59 Å². The molecule has 0 spiro atoms. The van der Waals surface area contributed by atoms with Gasteiger partial charge in [0.1, 0.15) is 0 Å². The number of benzene rings is 1. The first kappa shape index (κ1) is 11.1. The molecule has 0 fully saturated rings. The third-order valence-corrected chi connectivity index (χ3v) is 2.19. The van der Waals surface area contributed by atoms with Gasteiger partial charge in [0.25, 0.3) is 0 Å². The highest BCUT2D eigenvalue weighted by molar-refractivity contribution is 5.39. The number of nitrogens with zero attached hydrogens (tertiary/aromatic N) is 2. The van der Waals surface area contributed by atoms with Crippen molar-refractivity contribution in [2.75, 3.05) is 0 Å². The zero-order valence-electron chi connectivity index (χ0n) is 8.36. The van der Waals surface area contributed by atoms with E-state index >= 15 is 0 Å². The molecule has 0 radical (unpaired) electrons. The maximum absolute atomic E-state index is 9.98. The average Bonchev–Trinajstić information content (AvgIpc) is 2.26. The van der Waals surface area contributed by atoms with E-state index in [0.717, 1.165) is 16.7 Å². The number of hydrogen-bond acceptors (Lipinski definition) is 4. The molecule has 0 aromatic heterocycles. The van der Waals surface area contributed by atoms with Crippen molar-refractivity contribution in [2.45, 2.75) is 20.0 Å². The SMILES string of the molecule is Cc1c(CN=C=O)cccc1CN=C=O. The molecule has 0 heterocycles. The quantitative estimate of drug-likeness (QED) is 0.550. The number of isocyanates is 2. The summed E-state index contributed by atoms with van der Waals surface area (Å²) in [6.45, 7) is 2.53. The van der Waals surface area contributed by atoms with Crippen molar-refractivity contribution in [3.63, 3.8) is 0 Å². The molecule has 0 unspecified atom stereocenters. The highest BCUT2D eigenvalue weighted by Crippen LogP contribution is 2.15. The van der Waals surface area contributed by atoms with E-state index in [1.165, 1.54) is 12.2 Å². The average molecular weight is 202 g/mol. The summed E-state index contributed by atoms with van der Waals surface area (Å²) in [5.74, 6) is 0. The molecule has 0 N–H and O–H groups in total. The molecule has 0 aliphatic heterocycles. The van der Waals surface area contributed by atoms with Crippen LogP contribution in [0.3, 0.4) is 0 Å². The predicted molar refractivity (Wildman–Crippen MR) is 54.8 cm³/mol. The minimum atomic E-state index is 0.313. The summed E-state index contributed by atoms with van der Waals surface area (Å²) in [5, 5.41) is 0. The monoisotopic (exact) mass is 202 g/mol. The Bertz CT molecular complexity index is 404. The van der Waals surface area contributed by atoms with Crippen molar-refractivity contribution in [3.05, 3.63) is 34.9 Å². The summed E-state index contributed by atoms with van der Waals surface area (Å²) in [7, 11) is 0. The second-order valence-corrected chi connectivity index (χ2v) is 3.02. The lowest BCUT2D eigenvalue weighted by Gasteiger charge is -2.06. The molecule has 4 heteroatoms. The van der Waals surface area contributed by atoms with Gasteiger partial charge in [0.05, 0.1) is 13.1 Å². The first-order valence-electron chi connectivity index (χ1n) is 4.44. The number of hydrogen-bond donors (Lipinski definition) is 0. The van der Waals surface area contributed by atoms with Gasteiger partial charge >= 0.3 is 0 Å². The number of rotatable bonds is 4. The van der Waals surface area contributed by atoms with Gasteiger partial charge in [-0.25, -0.2) is 19.6 Å². The topological polar surface area (TPSA) is 58.9 Å². The Morgan fingerprint density at radius 1 is 1.07 bits per heavy atom. The maximum atomic E-state index is 9.98. The molecule has 0 atom stereocenters. The van der Waals surface area contributed by atoms with Crippen LogP contribution in [0.5, 0.6) is 0 Å². The van der Waals surface area contributed by atoms with Crippen LogP contribution in [-0.4, -0.2) is 12.2 Å². The highest BCUT2D eigenvalue weighted by atomic mass is 16.1. The molecule has 1 rings (SSSR count). The van der Waals surface area contributed by atoms with Gasteiger partial charge in [-0.2, -0.15) is 0 Å². The van der Waals surface area contributed by atoms with Crippen LogP contribution in [0.25, 0.3) is 0 Å². The summed E-state index contributed by atoms with van der Waals surface area (Å²) >= 11 is 0. The lowest BCUT2D eigenvalue weighted by Crippen LogP contribution is -1.93. The molecule has 0 amide bonds. The first-order valence-corrected chi connectivity index (χ1v) is 4.44. The van der Waals surface area contributed by atoms with Gasteiger partial charge in [-0.3, -0.25) is 0 Å². The third-order valence-electron chi connectivity index (χ3n) is 2.19. The minimum absolute atomic E-state index is 0.313. The maximum Gasteiger partial charge on any atom is 0.235 e. The number of carbonyl (C=O) groups excluding carboxylic acids is 2. The predicted octanol–water partition coefficient (Wildman–Crippen LogP) is 1.67. The smallest absolute Gasteiger partial charge is 0.211 e. The summed E-state index contributed by atoms with van der Waals surface area (Å²) < 4.78 is 0. The Morgan fingerprint density at radius 2 is 1.53 bits per heavy atom. The van der Waals surface area contributed by atoms with Crippen molar-refractivity contribution >= 4 is 12.2 Å². The molecule has 15 heavy (non-hydrogen) atoms. The normalized spacial score (nSPS) is 8.87. The van der Waals surface area contributed by atoms with Gasteiger partial charge in [0.2, 0.25) is 12.2 Å². The molecule has 1 aromatic carbocycles. The molecule has 76 valence electrons. The van der Waals surface area contributed by atoms with Crippen LogP contribution in [0.15, 0.2) is 28.2 Å². The van der Waals surface area contributed by atoms with Gasteiger partial charge < -0.3 is 0 Å². The molecule has 0 aliphatic rings. The number of aliphatic imine (C=N–C) groups is 2. The third kappa shape index (κ3) is 2.99. The fourth-order valence-electron chi connectivity index (χ4n) is 1.31. The lowest BCUT2D eigenvalue weighted by molar-refractivity contribution is 0.562. The standard InChI is InChI=1S/C11H10N2O2/c1-9-10(5-12-7-14)3-2-4-11(9)6-13-8-15/h2-4H,5-6H2,1H3. The Morgan fingerprint density at radius 3 is 1.93 bits per heavy atom. The Balaban J connectivity index is 2.98. The van der Waals surface area contributed by atoms with E-state index in [2.05, 4.69) is 9.98 Å². The van der Waals surface area contributed by atoms with Crippen molar-refractivity contribution in [2.24, 2.45) is 9.98 Å². The van der Waals surface area contributed by atoms with Gasteiger partial charge in [-0.15, -0.1) is 0 Å². The zero-order valence-corrected chi connectivity index (χ0v) is 8.36. The van der Waals surface area contributed by atoms with E-state index in [0.29, 0.717) is 13.1 Å². The van der Waals surface area contributed by atoms with E-state index in [4.69, 9.17) is 0 Å². The van der Waals surface area contributed by atoms with Gasteiger partial charge in [-0.1, -0.05) is 18.2 Å². The first-order chi connectivity index (χ1) is 7.29. The van der Waals surface area contributed by atoms with Crippen LogP contribution < -0.4 is 0 Å². The fourth-order valence-corrected chi connectivity index (χ4v) is 1.31. The van der Waals surface area contributed by atoms with Gasteiger partial charge in [-0.05, 0) is 23.6 Å². The Hall–Kier alpha value is -2.02.